The molecule has 0 unspecified atom stereocenters. The Labute approximate surface area is 180 Å². The molecule has 0 aliphatic heterocycles. The zero-order valence-electron chi connectivity index (χ0n) is 17.9. The molecule has 0 spiro atoms. The van der Waals surface area contributed by atoms with Gasteiger partial charge in [0.1, 0.15) is 5.75 Å². The average molecular weight is 412 g/mol. The van der Waals surface area contributed by atoms with Gasteiger partial charge in [0.15, 0.2) is 11.6 Å². The van der Waals surface area contributed by atoms with Crippen LogP contribution in [0.1, 0.15) is 59.3 Å². The van der Waals surface area contributed by atoms with Crippen molar-refractivity contribution in [2.75, 3.05) is 7.11 Å². The van der Waals surface area contributed by atoms with E-state index in [0.717, 1.165) is 23.4 Å². The first kappa shape index (κ1) is 19.4. The number of hydrogen-bond donors (Lipinski definition) is 0. The molecule has 5 rings (SSSR count). The van der Waals surface area contributed by atoms with E-state index in [-0.39, 0.29) is 11.7 Å². The molecule has 2 aromatic carbocycles. The fourth-order valence-electron chi connectivity index (χ4n) is 4.13. The molecule has 31 heavy (non-hydrogen) atoms. The van der Waals surface area contributed by atoms with E-state index in [1.807, 2.05) is 24.3 Å². The molecule has 0 amide bonds. The predicted octanol–water partition coefficient (Wildman–Crippen LogP) is 4.84. The van der Waals surface area contributed by atoms with Crippen LogP contribution in [0.5, 0.6) is 5.75 Å². The minimum absolute atomic E-state index is 0.107. The smallest absolute Gasteiger partial charge is 0.252 e. The van der Waals surface area contributed by atoms with Gasteiger partial charge < -0.3 is 4.74 Å². The normalized spacial score (nSPS) is 16.0. The quantitative estimate of drug-likeness (QED) is 0.480. The van der Waals surface area contributed by atoms with Crippen LogP contribution in [0, 0.1) is 0 Å². The summed E-state index contributed by atoms with van der Waals surface area (Å²) in [4.78, 5) is 22.2. The Morgan fingerprint density at radius 2 is 1.74 bits per heavy atom. The Balaban J connectivity index is 1.47. The molecule has 2 aromatic heterocycles. The van der Waals surface area contributed by atoms with Crippen LogP contribution in [-0.4, -0.2) is 32.5 Å². The van der Waals surface area contributed by atoms with Crippen molar-refractivity contribution in [1.29, 1.82) is 0 Å². The summed E-state index contributed by atoms with van der Waals surface area (Å²) in [6, 6.07) is 16.2. The van der Waals surface area contributed by atoms with Crippen molar-refractivity contribution < 1.29 is 9.53 Å². The lowest BCUT2D eigenvalue weighted by Crippen LogP contribution is -2.21. The molecule has 0 radical (unpaired) electrons. The molecule has 1 aliphatic rings. The van der Waals surface area contributed by atoms with Gasteiger partial charge in [-0.05, 0) is 53.6 Å². The molecule has 6 nitrogen and oxygen atoms in total. The first-order valence-corrected chi connectivity index (χ1v) is 10.6. The van der Waals surface area contributed by atoms with Crippen molar-refractivity contribution in [1.82, 2.24) is 19.6 Å². The maximum Gasteiger partial charge on any atom is 0.252 e. The topological polar surface area (TPSA) is 69.4 Å². The van der Waals surface area contributed by atoms with Crippen LogP contribution in [0.25, 0.3) is 17.2 Å². The van der Waals surface area contributed by atoms with Crippen molar-refractivity contribution in [3.05, 3.63) is 77.1 Å². The lowest BCUT2D eigenvalue weighted by molar-refractivity contribution is 0.0962. The fourth-order valence-corrected chi connectivity index (χ4v) is 4.13. The lowest BCUT2D eigenvalue weighted by Gasteiger charge is -2.23. The van der Waals surface area contributed by atoms with Crippen molar-refractivity contribution >= 4 is 11.6 Å². The van der Waals surface area contributed by atoms with E-state index in [1.54, 1.807) is 17.8 Å². The van der Waals surface area contributed by atoms with E-state index in [2.05, 4.69) is 48.2 Å². The first-order valence-electron chi connectivity index (χ1n) is 10.6. The van der Waals surface area contributed by atoms with Crippen molar-refractivity contribution in [2.45, 2.75) is 38.5 Å². The number of hydrogen-bond acceptors (Lipinski definition) is 5. The first-order chi connectivity index (χ1) is 15.0. The molecule has 0 saturated heterocycles. The van der Waals surface area contributed by atoms with Crippen molar-refractivity contribution in [3.63, 3.8) is 0 Å². The number of carbonyl (C=O) groups is 1. The zero-order chi connectivity index (χ0) is 21.5. The standard InChI is InChI=1S/C25H24N4O2/c1-15(2)16-4-6-17(7-5-16)19-12-22-21(23(30)13-19)14-29-25(26-22)27-24(28-29)18-8-10-20(31-3)11-9-18/h4-11,14-15,19H,12-13H2,1-3H3/t19-/m0/s1. The van der Waals surface area contributed by atoms with Gasteiger partial charge in [-0.15, -0.1) is 5.10 Å². The van der Waals surface area contributed by atoms with Crippen LogP contribution in [0.3, 0.4) is 0 Å². The fraction of sp³-hybridized carbons (Fsp3) is 0.280. The molecule has 1 aliphatic carbocycles. The number of benzene rings is 2. The van der Waals surface area contributed by atoms with Gasteiger partial charge >= 0.3 is 0 Å². The van der Waals surface area contributed by atoms with Gasteiger partial charge in [-0.25, -0.2) is 9.50 Å². The second kappa shape index (κ2) is 7.61. The van der Waals surface area contributed by atoms with Gasteiger partial charge in [-0.2, -0.15) is 4.98 Å². The molecule has 156 valence electrons. The Bertz CT molecular complexity index is 1260. The highest BCUT2D eigenvalue weighted by Crippen LogP contribution is 2.33. The van der Waals surface area contributed by atoms with Crippen LogP contribution < -0.4 is 4.74 Å². The van der Waals surface area contributed by atoms with Crippen LogP contribution in [0.4, 0.5) is 0 Å². The average Bonchev–Trinajstić information content (AvgIpc) is 3.21. The van der Waals surface area contributed by atoms with Gasteiger partial charge in [0.2, 0.25) is 0 Å². The number of carbonyl (C=O) groups excluding carboxylic acids is 1. The predicted molar refractivity (Wildman–Crippen MR) is 119 cm³/mol. The number of fused-ring (bicyclic) bond motifs is 2. The number of ether oxygens (including phenoxy) is 1. The van der Waals surface area contributed by atoms with Gasteiger partial charge in [-0.1, -0.05) is 38.1 Å². The Hall–Kier alpha value is -3.54. The maximum atomic E-state index is 12.9. The summed E-state index contributed by atoms with van der Waals surface area (Å²) in [6.07, 6.45) is 2.99. The number of methoxy groups -OCH3 is 1. The van der Waals surface area contributed by atoms with Crippen LogP contribution >= 0.6 is 0 Å². The molecule has 4 aromatic rings. The highest BCUT2D eigenvalue weighted by atomic mass is 16.5. The molecule has 0 N–H and O–H groups in total. The summed E-state index contributed by atoms with van der Waals surface area (Å²) in [5.41, 5.74) is 4.81. The number of rotatable bonds is 4. The third-order valence-electron chi connectivity index (χ3n) is 6.01. The number of aromatic nitrogens is 4. The molecule has 0 saturated carbocycles. The van der Waals surface area contributed by atoms with Crippen molar-refractivity contribution in [2.24, 2.45) is 0 Å². The second-order valence-electron chi connectivity index (χ2n) is 8.36. The van der Waals surface area contributed by atoms with Crippen LogP contribution in [0.2, 0.25) is 0 Å². The number of Topliss-reactive ketones (excluding diaryl/α,β-unsaturated/α-hetero) is 1. The zero-order valence-corrected chi connectivity index (χ0v) is 17.9. The monoisotopic (exact) mass is 412 g/mol. The highest BCUT2D eigenvalue weighted by Gasteiger charge is 2.28. The number of nitrogens with zero attached hydrogens (tertiary/aromatic N) is 4. The van der Waals surface area contributed by atoms with E-state index in [9.17, 15) is 4.79 Å². The summed E-state index contributed by atoms with van der Waals surface area (Å²) < 4.78 is 6.82. The third kappa shape index (κ3) is 3.58. The van der Waals surface area contributed by atoms with Gasteiger partial charge in [0, 0.05) is 18.2 Å². The SMILES string of the molecule is COc1ccc(-c2nc3nc4c(cn3n2)C(=O)C[C@@H](c2ccc(C(C)C)cc2)C4)cc1. The van der Waals surface area contributed by atoms with E-state index < -0.39 is 0 Å². The molecule has 6 heteroatoms. The summed E-state index contributed by atoms with van der Waals surface area (Å²) in [6.45, 7) is 4.37. The minimum Gasteiger partial charge on any atom is -0.497 e. The maximum absolute atomic E-state index is 12.9. The van der Waals surface area contributed by atoms with E-state index in [4.69, 9.17) is 9.72 Å². The van der Waals surface area contributed by atoms with E-state index in [0.29, 0.717) is 29.5 Å². The van der Waals surface area contributed by atoms with Gasteiger partial charge in [0.25, 0.3) is 5.78 Å². The number of ketones is 1. The molecular formula is C25H24N4O2. The van der Waals surface area contributed by atoms with Crippen molar-refractivity contribution in [3.8, 4) is 17.1 Å². The summed E-state index contributed by atoms with van der Waals surface area (Å²) in [7, 11) is 1.63. The third-order valence-corrected chi connectivity index (χ3v) is 6.01. The van der Waals surface area contributed by atoms with Crippen LogP contribution in [0.15, 0.2) is 54.7 Å². The largest absolute Gasteiger partial charge is 0.497 e. The molecule has 2 heterocycles. The minimum atomic E-state index is 0.107. The Kier molecular flexibility index (Phi) is 4.77. The molecule has 0 fully saturated rings. The van der Waals surface area contributed by atoms with Gasteiger partial charge in [0.05, 0.1) is 18.4 Å². The van der Waals surface area contributed by atoms with E-state index >= 15 is 0 Å². The summed E-state index contributed by atoms with van der Waals surface area (Å²) >= 11 is 0. The van der Waals surface area contributed by atoms with E-state index in [1.165, 1.54) is 11.1 Å². The molecule has 1 atom stereocenters. The van der Waals surface area contributed by atoms with Crippen LogP contribution in [-0.2, 0) is 6.42 Å². The molecule has 0 bridgehead atoms. The Morgan fingerprint density at radius 3 is 2.42 bits per heavy atom. The highest BCUT2D eigenvalue weighted by molar-refractivity contribution is 5.98. The summed E-state index contributed by atoms with van der Waals surface area (Å²) in [5.74, 6) is 2.60. The molecular weight excluding hydrogens is 388 g/mol. The Morgan fingerprint density at radius 1 is 1.00 bits per heavy atom. The van der Waals surface area contributed by atoms with Gasteiger partial charge in [-0.3, -0.25) is 4.79 Å². The summed E-state index contributed by atoms with van der Waals surface area (Å²) in [5, 5.41) is 4.53. The lowest BCUT2D eigenvalue weighted by atomic mass is 9.81. The second-order valence-corrected chi connectivity index (χ2v) is 8.36.